The summed E-state index contributed by atoms with van der Waals surface area (Å²) in [5.41, 5.74) is 0.490. The normalized spacial score (nSPS) is 14.5. The van der Waals surface area contributed by atoms with Gasteiger partial charge in [0.1, 0.15) is 0 Å². The van der Waals surface area contributed by atoms with Crippen LogP contribution in [-0.4, -0.2) is 52.4 Å². The van der Waals surface area contributed by atoms with Crippen LogP contribution in [0.15, 0.2) is 33.6 Å². The molecule has 1 aliphatic rings. The summed E-state index contributed by atoms with van der Waals surface area (Å²) in [4.78, 5) is 27.8. The van der Waals surface area contributed by atoms with Crippen LogP contribution < -0.4 is 0 Å². The third kappa shape index (κ3) is 6.32. The molecule has 1 fully saturated rings. The van der Waals surface area contributed by atoms with E-state index in [9.17, 15) is 9.59 Å². The van der Waals surface area contributed by atoms with Gasteiger partial charge >= 0.3 is 5.97 Å². The number of nitrogens with zero attached hydrogens (tertiary/aromatic N) is 3. The molecule has 0 saturated heterocycles. The lowest BCUT2D eigenvalue weighted by molar-refractivity contribution is -0.129. The van der Waals surface area contributed by atoms with Crippen LogP contribution in [0.2, 0.25) is 0 Å². The topological polar surface area (TPSA) is 85.5 Å². The molecule has 0 N–H and O–H groups in total. The minimum Gasteiger partial charge on any atom is -0.462 e. The maximum absolute atomic E-state index is 12.6. The van der Waals surface area contributed by atoms with E-state index in [0.717, 1.165) is 17.7 Å². The van der Waals surface area contributed by atoms with Crippen LogP contribution in [-0.2, 0) is 16.0 Å². The second-order valence-electron chi connectivity index (χ2n) is 7.54. The predicted molar refractivity (Wildman–Crippen MR) is 114 cm³/mol. The molecule has 1 aromatic carbocycles. The van der Waals surface area contributed by atoms with Gasteiger partial charge in [-0.05, 0) is 31.4 Å². The smallest absolute Gasteiger partial charge is 0.339 e. The number of carbonyl (C=O) groups is 2. The molecule has 1 aliphatic carbocycles. The van der Waals surface area contributed by atoms with Gasteiger partial charge in [0.05, 0.1) is 17.9 Å². The Morgan fingerprint density at radius 2 is 1.97 bits per heavy atom. The molecule has 2 aromatic rings. The van der Waals surface area contributed by atoms with E-state index in [4.69, 9.17) is 9.15 Å². The number of benzene rings is 1. The lowest BCUT2D eigenvalue weighted by Crippen LogP contribution is -2.39. The minimum atomic E-state index is -0.382. The number of thioether (sulfide) groups is 1. The number of aryl methyl sites for hydroxylation is 2. The Balaban J connectivity index is 1.48. The van der Waals surface area contributed by atoms with E-state index in [1.807, 2.05) is 24.1 Å². The highest BCUT2D eigenvalue weighted by atomic mass is 32.2. The van der Waals surface area contributed by atoms with Crippen LogP contribution in [0.3, 0.4) is 0 Å². The molecule has 1 amide bonds. The summed E-state index contributed by atoms with van der Waals surface area (Å²) in [6.07, 6.45) is 6.97. The molecule has 162 valence electrons. The fraction of sp³-hybridized carbons (Fsp3) is 0.545. The molecule has 0 aliphatic heterocycles. The Bertz CT molecular complexity index is 848. The number of hydrogen-bond acceptors (Lipinski definition) is 7. The summed E-state index contributed by atoms with van der Waals surface area (Å²) in [6, 6.07) is 7.61. The Morgan fingerprint density at radius 3 is 2.70 bits per heavy atom. The summed E-state index contributed by atoms with van der Waals surface area (Å²) in [6.45, 7) is 2.01. The first kappa shape index (κ1) is 22.3. The Hall–Kier alpha value is -2.35. The van der Waals surface area contributed by atoms with Crippen LogP contribution in [0.5, 0.6) is 0 Å². The maximum atomic E-state index is 12.6. The van der Waals surface area contributed by atoms with Gasteiger partial charge in [0.15, 0.2) is 0 Å². The summed E-state index contributed by atoms with van der Waals surface area (Å²) in [5.74, 6) is 1.10. The molecule has 0 bridgehead atoms. The van der Waals surface area contributed by atoms with Crippen LogP contribution in [0, 0.1) is 6.92 Å². The Kier molecular flexibility index (Phi) is 8.30. The van der Waals surface area contributed by atoms with Crippen LogP contribution in [0.25, 0.3) is 0 Å². The molecule has 0 unspecified atom stereocenters. The number of hydrogen-bond donors (Lipinski definition) is 0. The standard InChI is InChI=1S/C22H29N3O4S/c1-16-23-24-20(29-16)13-8-14-28-22(27)18-11-6-7-12-19(18)30-15-21(26)25(2)17-9-4-3-5-10-17/h6-7,11-12,17H,3-5,8-10,13-15H2,1-2H3. The van der Waals surface area contributed by atoms with Gasteiger partial charge in [-0.1, -0.05) is 31.4 Å². The fourth-order valence-electron chi connectivity index (χ4n) is 3.58. The molecule has 7 nitrogen and oxygen atoms in total. The van der Waals surface area contributed by atoms with Gasteiger partial charge in [0, 0.05) is 31.3 Å². The van der Waals surface area contributed by atoms with Crippen molar-refractivity contribution in [3.63, 3.8) is 0 Å². The monoisotopic (exact) mass is 431 g/mol. The molecule has 1 aromatic heterocycles. The van der Waals surface area contributed by atoms with E-state index in [1.165, 1.54) is 31.0 Å². The van der Waals surface area contributed by atoms with Crippen molar-refractivity contribution < 1.29 is 18.7 Å². The first-order valence-electron chi connectivity index (χ1n) is 10.5. The molecular formula is C22H29N3O4S. The van der Waals surface area contributed by atoms with E-state index in [-0.39, 0.29) is 18.5 Å². The lowest BCUT2D eigenvalue weighted by Gasteiger charge is -2.31. The molecule has 3 rings (SSSR count). The van der Waals surface area contributed by atoms with E-state index in [0.29, 0.717) is 42.0 Å². The molecule has 8 heteroatoms. The number of rotatable bonds is 9. The highest BCUT2D eigenvalue weighted by Gasteiger charge is 2.22. The van der Waals surface area contributed by atoms with E-state index >= 15 is 0 Å². The van der Waals surface area contributed by atoms with Crippen LogP contribution >= 0.6 is 11.8 Å². The second-order valence-corrected chi connectivity index (χ2v) is 8.55. The summed E-state index contributed by atoms with van der Waals surface area (Å²) < 4.78 is 10.7. The summed E-state index contributed by atoms with van der Waals surface area (Å²) >= 11 is 1.39. The van der Waals surface area contributed by atoms with Crippen LogP contribution in [0.4, 0.5) is 0 Å². The van der Waals surface area contributed by atoms with Gasteiger partial charge in [-0.3, -0.25) is 4.79 Å². The molecular weight excluding hydrogens is 402 g/mol. The minimum absolute atomic E-state index is 0.102. The molecule has 0 radical (unpaired) electrons. The molecule has 0 spiro atoms. The molecule has 1 heterocycles. The Labute approximate surface area is 181 Å². The van der Waals surface area contributed by atoms with Crippen molar-refractivity contribution in [2.45, 2.75) is 62.8 Å². The average Bonchev–Trinajstić information content (AvgIpc) is 3.20. The average molecular weight is 432 g/mol. The van der Waals surface area contributed by atoms with Crippen molar-refractivity contribution in [3.05, 3.63) is 41.6 Å². The number of ether oxygens (including phenoxy) is 1. The van der Waals surface area contributed by atoms with Gasteiger partial charge in [-0.15, -0.1) is 22.0 Å². The number of amides is 1. The first-order valence-corrected chi connectivity index (χ1v) is 11.5. The van der Waals surface area contributed by atoms with Crippen molar-refractivity contribution in [1.29, 1.82) is 0 Å². The van der Waals surface area contributed by atoms with E-state index in [2.05, 4.69) is 10.2 Å². The molecule has 1 saturated carbocycles. The zero-order valence-electron chi connectivity index (χ0n) is 17.6. The fourth-order valence-corrected chi connectivity index (χ4v) is 4.54. The largest absolute Gasteiger partial charge is 0.462 e. The quantitative estimate of drug-likeness (QED) is 0.336. The highest BCUT2D eigenvalue weighted by molar-refractivity contribution is 8.00. The summed E-state index contributed by atoms with van der Waals surface area (Å²) in [7, 11) is 1.89. The van der Waals surface area contributed by atoms with Gasteiger partial charge in [0.2, 0.25) is 17.7 Å². The summed E-state index contributed by atoms with van der Waals surface area (Å²) in [5, 5.41) is 7.71. The van der Waals surface area contributed by atoms with Crippen molar-refractivity contribution in [2.24, 2.45) is 0 Å². The van der Waals surface area contributed by atoms with Gasteiger partial charge < -0.3 is 14.1 Å². The predicted octanol–water partition coefficient (Wildman–Crippen LogP) is 4.05. The molecule has 0 atom stereocenters. The van der Waals surface area contributed by atoms with Crippen molar-refractivity contribution >= 4 is 23.6 Å². The first-order chi connectivity index (χ1) is 14.5. The lowest BCUT2D eigenvalue weighted by atomic mass is 9.94. The zero-order valence-corrected chi connectivity index (χ0v) is 18.5. The number of esters is 1. The maximum Gasteiger partial charge on any atom is 0.339 e. The highest BCUT2D eigenvalue weighted by Crippen LogP contribution is 2.26. The van der Waals surface area contributed by atoms with Crippen molar-refractivity contribution in [2.75, 3.05) is 19.4 Å². The number of carbonyl (C=O) groups excluding carboxylic acids is 2. The van der Waals surface area contributed by atoms with Crippen molar-refractivity contribution in [3.8, 4) is 0 Å². The third-order valence-corrected chi connectivity index (χ3v) is 6.37. The van der Waals surface area contributed by atoms with Gasteiger partial charge in [-0.25, -0.2) is 4.79 Å². The van der Waals surface area contributed by atoms with Gasteiger partial charge in [-0.2, -0.15) is 0 Å². The van der Waals surface area contributed by atoms with E-state index < -0.39 is 0 Å². The van der Waals surface area contributed by atoms with E-state index in [1.54, 1.807) is 19.1 Å². The zero-order chi connectivity index (χ0) is 21.3. The van der Waals surface area contributed by atoms with Gasteiger partial charge in [0.25, 0.3) is 0 Å². The Morgan fingerprint density at radius 1 is 1.20 bits per heavy atom. The SMILES string of the molecule is Cc1nnc(CCCOC(=O)c2ccccc2SCC(=O)N(C)C2CCCCC2)o1. The second kappa shape index (κ2) is 11.2. The molecule has 30 heavy (non-hydrogen) atoms. The third-order valence-electron chi connectivity index (χ3n) is 5.31. The van der Waals surface area contributed by atoms with Crippen LogP contribution in [0.1, 0.15) is 60.7 Å². The van der Waals surface area contributed by atoms with Crippen molar-refractivity contribution in [1.82, 2.24) is 15.1 Å². The number of aromatic nitrogens is 2.